The summed E-state index contributed by atoms with van der Waals surface area (Å²) < 4.78 is 32.4. The number of allylic oxidation sites excluding steroid dienone is 3. The number of nitrogens with one attached hydrogen (secondary N) is 1. The maximum atomic E-state index is 12.5. The molecule has 3 atom stereocenters. The van der Waals surface area contributed by atoms with Crippen LogP contribution in [-0.2, 0) is 14.9 Å². The van der Waals surface area contributed by atoms with E-state index in [1.807, 2.05) is 0 Å². The molecule has 0 aromatic heterocycles. The Balaban J connectivity index is 4.16. The maximum absolute atomic E-state index is 12.5. The van der Waals surface area contributed by atoms with Crippen LogP contribution in [0.2, 0.25) is 0 Å². The monoisotopic (exact) mass is 658 g/mol. The first kappa shape index (κ1) is 43.8. The van der Waals surface area contributed by atoms with Gasteiger partial charge in [-0.2, -0.15) is 8.42 Å². The van der Waals surface area contributed by atoms with Gasteiger partial charge in [-0.3, -0.25) is 9.35 Å². The van der Waals surface area contributed by atoms with Crippen LogP contribution in [0.5, 0.6) is 0 Å². The molecule has 0 aromatic carbocycles. The summed E-state index contributed by atoms with van der Waals surface area (Å²) >= 11 is 0. The molecule has 0 fully saturated rings. The van der Waals surface area contributed by atoms with Gasteiger partial charge in [-0.1, -0.05) is 173 Å². The molecule has 1 amide bonds. The van der Waals surface area contributed by atoms with E-state index in [-0.39, 0.29) is 6.42 Å². The lowest BCUT2D eigenvalue weighted by molar-refractivity contribution is -0.130. The Morgan fingerprint density at radius 3 is 1.47 bits per heavy atom. The second kappa shape index (κ2) is 31.4. The molecule has 0 aliphatic carbocycles. The van der Waals surface area contributed by atoms with Crippen molar-refractivity contribution >= 4 is 16.0 Å². The van der Waals surface area contributed by atoms with Gasteiger partial charge in [0.2, 0.25) is 5.91 Å². The first-order valence-corrected chi connectivity index (χ1v) is 20.3. The molecule has 0 rings (SSSR count). The van der Waals surface area contributed by atoms with Crippen molar-refractivity contribution in [1.82, 2.24) is 5.32 Å². The van der Waals surface area contributed by atoms with Crippen LogP contribution in [0, 0.1) is 0 Å². The number of hydrogen-bond donors (Lipinski definition) is 4. The van der Waals surface area contributed by atoms with E-state index in [0.717, 1.165) is 32.1 Å². The van der Waals surface area contributed by atoms with E-state index in [9.17, 15) is 28.0 Å². The van der Waals surface area contributed by atoms with Gasteiger partial charge < -0.3 is 15.5 Å². The molecular weight excluding hydrogens is 586 g/mol. The van der Waals surface area contributed by atoms with Gasteiger partial charge in [0.1, 0.15) is 6.10 Å². The molecule has 266 valence electrons. The summed E-state index contributed by atoms with van der Waals surface area (Å²) in [5, 5.41) is 23.3. The number of aliphatic hydroxyl groups excluding tert-OH is 2. The summed E-state index contributed by atoms with van der Waals surface area (Å²) in [6, 6.07) is -1.24. The van der Waals surface area contributed by atoms with E-state index in [2.05, 4.69) is 31.3 Å². The van der Waals surface area contributed by atoms with Gasteiger partial charge in [0, 0.05) is 0 Å². The van der Waals surface area contributed by atoms with E-state index in [0.29, 0.717) is 12.8 Å². The lowest BCUT2D eigenvalue weighted by Gasteiger charge is -2.22. The molecule has 0 saturated heterocycles. The van der Waals surface area contributed by atoms with Gasteiger partial charge in [0.25, 0.3) is 10.1 Å². The van der Waals surface area contributed by atoms with Crippen LogP contribution in [0.15, 0.2) is 24.3 Å². The molecule has 0 heterocycles. The molecule has 0 aromatic rings. The minimum atomic E-state index is -4.44. The van der Waals surface area contributed by atoms with Crippen molar-refractivity contribution in [3.8, 4) is 0 Å². The van der Waals surface area contributed by atoms with Crippen molar-refractivity contribution in [2.24, 2.45) is 0 Å². The van der Waals surface area contributed by atoms with Crippen molar-refractivity contribution < 1.29 is 28.0 Å². The Morgan fingerprint density at radius 1 is 0.600 bits per heavy atom. The lowest BCUT2D eigenvalue weighted by Crippen LogP contribution is -2.50. The minimum Gasteiger partial charge on any atom is -0.387 e. The smallest absolute Gasteiger partial charge is 0.267 e. The third kappa shape index (κ3) is 31.2. The zero-order chi connectivity index (χ0) is 33.4. The van der Waals surface area contributed by atoms with E-state index in [1.54, 1.807) is 6.08 Å². The largest absolute Gasteiger partial charge is 0.387 e. The summed E-state index contributed by atoms with van der Waals surface area (Å²) in [6.45, 7) is 4.48. The molecule has 4 N–H and O–H groups in total. The van der Waals surface area contributed by atoms with Gasteiger partial charge >= 0.3 is 0 Å². The standard InChI is InChI=1S/C37H71NO6S/c1-3-5-7-9-11-13-15-17-18-19-20-22-23-25-27-29-31-35(39)34(33-45(42,43)44)38-37(41)36(40)32-30-28-26-24-21-16-14-12-10-8-6-4-2/h22-23,29,31,34-36,39-40H,3-21,24-28,30,32-33H2,1-2H3,(H,38,41)(H,42,43,44)/b23-22+,31-29+. The number of rotatable bonds is 33. The fraction of sp³-hybridized carbons (Fsp3) is 0.865. The second-order valence-corrected chi connectivity index (χ2v) is 14.5. The SMILES string of the molecule is CCCCCCCCCCCC/C=C/CC/C=C/C(O)C(CS(=O)(=O)O)NC(=O)C(O)CCCCCCCCCCCCCC. The Labute approximate surface area is 277 Å². The number of aliphatic hydroxyl groups is 2. The number of carbonyl (C=O) groups is 1. The zero-order valence-electron chi connectivity index (χ0n) is 29.1. The Bertz CT molecular complexity index is 829. The van der Waals surface area contributed by atoms with Crippen LogP contribution in [0.4, 0.5) is 0 Å². The lowest BCUT2D eigenvalue weighted by atomic mass is 10.0. The van der Waals surface area contributed by atoms with Crippen LogP contribution in [0.1, 0.15) is 181 Å². The third-order valence-electron chi connectivity index (χ3n) is 8.49. The molecule has 0 aliphatic heterocycles. The van der Waals surface area contributed by atoms with Crippen LogP contribution >= 0.6 is 0 Å². The molecule has 0 aliphatic rings. The molecule has 3 unspecified atom stereocenters. The average molecular weight is 658 g/mol. The van der Waals surface area contributed by atoms with Crippen molar-refractivity contribution in [2.45, 2.75) is 199 Å². The molecule has 0 radical (unpaired) electrons. The molecule has 0 spiro atoms. The number of amides is 1. The predicted molar refractivity (Wildman–Crippen MR) is 190 cm³/mol. The Hall–Kier alpha value is -1.22. The van der Waals surface area contributed by atoms with Crippen molar-refractivity contribution in [3.63, 3.8) is 0 Å². The highest BCUT2D eigenvalue weighted by Gasteiger charge is 2.27. The Morgan fingerprint density at radius 2 is 1.00 bits per heavy atom. The number of hydrogen-bond acceptors (Lipinski definition) is 5. The fourth-order valence-corrected chi connectivity index (χ4v) is 6.32. The number of carbonyl (C=O) groups excluding carboxylic acids is 1. The highest BCUT2D eigenvalue weighted by molar-refractivity contribution is 7.85. The molecule has 0 saturated carbocycles. The molecule has 7 nitrogen and oxygen atoms in total. The van der Waals surface area contributed by atoms with Crippen LogP contribution < -0.4 is 5.32 Å². The fourth-order valence-electron chi connectivity index (χ4n) is 5.59. The van der Waals surface area contributed by atoms with Gasteiger partial charge in [0.15, 0.2) is 0 Å². The summed E-state index contributed by atoms with van der Waals surface area (Å²) in [5.74, 6) is -1.55. The summed E-state index contributed by atoms with van der Waals surface area (Å²) in [6.07, 6.45) is 35.2. The quantitative estimate of drug-likeness (QED) is 0.0317. The van der Waals surface area contributed by atoms with E-state index in [1.165, 1.54) is 122 Å². The Kier molecular flexibility index (Phi) is 30.5. The van der Waals surface area contributed by atoms with E-state index < -0.39 is 40.0 Å². The molecular formula is C37H71NO6S. The maximum Gasteiger partial charge on any atom is 0.267 e. The van der Waals surface area contributed by atoms with Crippen molar-refractivity contribution in [1.29, 1.82) is 0 Å². The number of unbranched alkanes of at least 4 members (excludes halogenated alkanes) is 22. The van der Waals surface area contributed by atoms with Crippen LogP contribution in [0.25, 0.3) is 0 Å². The average Bonchev–Trinajstić information content (AvgIpc) is 3.00. The molecule has 8 heteroatoms. The van der Waals surface area contributed by atoms with Crippen molar-refractivity contribution in [3.05, 3.63) is 24.3 Å². The van der Waals surface area contributed by atoms with Crippen molar-refractivity contribution in [2.75, 3.05) is 5.75 Å². The summed E-state index contributed by atoms with van der Waals surface area (Å²) in [7, 11) is -4.44. The van der Waals surface area contributed by atoms with Crippen LogP contribution in [0.3, 0.4) is 0 Å². The van der Waals surface area contributed by atoms with E-state index >= 15 is 0 Å². The highest BCUT2D eigenvalue weighted by Crippen LogP contribution is 2.14. The molecule has 45 heavy (non-hydrogen) atoms. The highest BCUT2D eigenvalue weighted by atomic mass is 32.2. The first-order chi connectivity index (χ1) is 21.7. The third-order valence-corrected chi connectivity index (χ3v) is 9.27. The normalized spacial score (nSPS) is 14.3. The topological polar surface area (TPSA) is 124 Å². The minimum absolute atomic E-state index is 0.277. The molecule has 0 bridgehead atoms. The zero-order valence-corrected chi connectivity index (χ0v) is 29.9. The van der Waals surface area contributed by atoms with Gasteiger partial charge in [-0.25, -0.2) is 0 Å². The summed E-state index contributed by atoms with van der Waals surface area (Å²) in [4.78, 5) is 12.5. The van der Waals surface area contributed by atoms with Gasteiger partial charge in [-0.15, -0.1) is 0 Å². The van der Waals surface area contributed by atoms with Gasteiger partial charge in [0.05, 0.1) is 17.9 Å². The van der Waals surface area contributed by atoms with E-state index in [4.69, 9.17) is 0 Å². The second-order valence-electron chi connectivity index (χ2n) is 13.0. The first-order valence-electron chi connectivity index (χ1n) is 18.6. The summed E-state index contributed by atoms with van der Waals surface area (Å²) in [5.41, 5.74) is 0. The van der Waals surface area contributed by atoms with Gasteiger partial charge in [-0.05, 0) is 32.1 Å². The predicted octanol–water partition coefficient (Wildman–Crippen LogP) is 9.38. The van der Waals surface area contributed by atoms with Crippen LogP contribution in [-0.4, -0.2) is 53.1 Å².